The van der Waals surface area contributed by atoms with Crippen LogP contribution in [0.15, 0.2) is 0 Å². The molecule has 2 amide bonds. The van der Waals surface area contributed by atoms with E-state index in [0.717, 1.165) is 13.0 Å². The first-order chi connectivity index (χ1) is 5.61. The molecule has 4 nitrogen and oxygen atoms in total. The zero-order chi connectivity index (χ0) is 8.77. The van der Waals surface area contributed by atoms with Crippen molar-refractivity contribution in [2.75, 3.05) is 13.1 Å². The third-order valence-electron chi connectivity index (χ3n) is 2.70. The molecule has 1 spiro atoms. The van der Waals surface area contributed by atoms with Crippen LogP contribution in [0.1, 0.15) is 19.8 Å². The summed E-state index contributed by atoms with van der Waals surface area (Å²) in [4.78, 5) is 23.5. The van der Waals surface area contributed by atoms with Crippen molar-refractivity contribution in [2.24, 2.45) is 0 Å². The van der Waals surface area contributed by atoms with Crippen molar-refractivity contribution < 1.29 is 9.59 Å². The van der Waals surface area contributed by atoms with Crippen LogP contribution in [0.4, 0.5) is 0 Å². The third kappa shape index (κ3) is 0.983. The Morgan fingerprint density at radius 1 is 1.67 bits per heavy atom. The number of likely N-dealkylation sites (tertiary alicyclic amines) is 1. The molecular formula is C8H12N2O2. The summed E-state index contributed by atoms with van der Waals surface area (Å²) in [5.74, 6) is 0.216. The molecule has 0 aromatic carbocycles. The molecule has 0 unspecified atom stereocenters. The molecule has 0 bridgehead atoms. The second-order valence-corrected chi connectivity index (χ2v) is 3.70. The molecule has 4 heteroatoms. The average molecular weight is 168 g/mol. The summed E-state index contributed by atoms with van der Waals surface area (Å²) in [6.45, 7) is 3.06. The monoisotopic (exact) mass is 168 g/mol. The molecule has 12 heavy (non-hydrogen) atoms. The molecule has 0 radical (unpaired) electrons. The van der Waals surface area contributed by atoms with E-state index < -0.39 is 0 Å². The lowest BCUT2D eigenvalue weighted by Crippen LogP contribution is -2.62. The molecule has 0 saturated carbocycles. The quantitative estimate of drug-likeness (QED) is 0.496. The summed E-state index contributed by atoms with van der Waals surface area (Å²) < 4.78 is 0. The van der Waals surface area contributed by atoms with Crippen LogP contribution in [0.25, 0.3) is 0 Å². The number of carbonyl (C=O) groups excluding carboxylic acids is 2. The fraction of sp³-hybridized carbons (Fsp3) is 0.750. The van der Waals surface area contributed by atoms with Crippen LogP contribution in [0.5, 0.6) is 0 Å². The lowest BCUT2D eigenvalue weighted by Gasteiger charge is -2.38. The number of rotatable bonds is 0. The maximum atomic E-state index is 11.0. The van der Waals surface area contributed by atoms with Crippen molar-refractivity contribution >= 4 is 11.8 Å². The number of amides is 2. The van der Waals surface area contributed by atoms with Gasteiger partial charge in [0.1, 0.15) is 0 Å². The fourth-order valence-electron chi connectivity index (χ4n) is 1.97. The normalized spacial score (nSPS) is 33.4. The Bertz CT molecular complexity index is 241. The zero-order valence-electron chi connectivity index (χ0n) is 7.09. The van der Waals surface area contributed by atoms with E-state index in [1.807, 2.05) is 0 Å². The predicted molar refractivity (Wildman–Crippen MR) is 42.4 cm³/mol. The summed E-state index contributed by atoms with van der Waals surface area (Å²) in [5.41, 5.74) is -0.0528. The lowest BCUT2D eigenvalue weighted by atomic mass is 9.86. The first kappa shape index (κ1) is 7.58. The molecule has 2 rings (SSSR count). The van der Waals surface area contributed by atoms with Gasteiger partial charge in [0.05, 0.1) is 12.0 Å². The van der Waals surface area contributed by atoms with Gasteiger partial charge in [-0.3, -0.25) is 9.59 Å². The van der Waals surface area contributed by atoms with Crippen LogP contribution in [0.3, 0.4) is 0 Å². The summed E-state index contributed by atoms with van der Waals surface area (Å²) >= 11 is 0. The van der Waals surface area contributed by atoms with Gasteiger partial charge in [-0.1, -0.05) is 0 Å². The zero-order valence-corrected chi connectivity index (χ0v) is 7.09. The standard InChI is InChI=1S/C8H12N2O2/c1-6(11)10-3-2-8(5-10)4-7(12)9-8/h2-5H2,1H3,(H,9,12)/t8-/m0/s1. The van der Waals surface area contributed by atoms with Crippen molar-refractivity contribution in [3.05, 3.63) is 0 Å². The number of hydrogen-bond acceptors (Lipinski definition) is 2. The Hall–Kier alpha value is -1.06. The minimum absolute atomic E-state index is 0.0528. The van der Waals surface area contributed by atoms with Crippen LogP contribution in [0, 0.1) is 0 Å². The van der Waals surface area contributed by atoms with Crippen molar-refractivity contribution in [1.29, 1.82) is 0 Å². The molecule has 2 heterocycles. The van der Waals surface area contributed by atoms with E-state index in [0.29, 0.717) is 13.0 Å². The Kier molecular flexibility index (Phi) is 1.40. The Morgan fingerprint density at radius 2 is 2.33 bits per heavy atom. The molecule has 0 aliphatic carbocycles. The topological polar surface area (TPSA) is 49.4 Å². The Labute approximate surface area is 70.9 Å². The number of hydrogen-bond donors (Lipinski definition) is 1. The number of carbonyl (C=O) groups is 2. The van der Waals surface area contributed by atoms with Crippen LogP contribution in [-0.4, -0.2) is 35.3 Å². The average Bonchev–Trinajstić information content (AvgIpc) is 2.31. The maximum absolute atomic E-state index is 11.0. The van der Waals surface area contributed by atoms with Gasteiger partial charge in [-0.15, -0.1) is 0 Å². The van der Waals surface area contributed by atoms with Crippen molar-refractivity contribution in [3.63, 3.8) is 0 Å². The smallest absolute Gasteiger partial charge is 0.222 e. The first-order valence-electron chi connectivity index (χ1n) is 4.18. The van der Waals surface area contributed by atoms with Crippen molar-refractivity contribution in [1.82, 2.24) is 10.2 Å². The molecule has 2 aliphatic rings. The Balaban J connectivity index is 1.99. The van der Waals surface area contributed by atoms with E-state index in [-0.39, 0.29) is 17.4 Å². The van der Waals surface area contributed by atoms with Crippen molar-refractivity contribution in [2.45, 2.75) is 25.3 Å². The lowest BCUT2D eigenvalue weighted by molar-refractivity contribution is -0.134. The van der Waals surface area contributed by atoms with Gasteiger partial charge in [-0.25, -0.2) is 0 Å². The van der Waals surface area contributed by atoms with Gasteiger partial charge in [-0.05, 0) is 6.42 Å². The molecule has 2 aliphatic heterocycles. The van der Waals surface area contributed by atoms with E-state index in [2.05, 4.69) is 5.32 Å². The summed E-state index contributed by atoms with van der Waals surface area (Å²) in [5, 5.41) is 2.87. The predicted octanol–water partition coefficient (Wildman–Crippen LogP) is -0.503. The largest absolute Gasteiger partial charge is 0.348 e. The molecule has 0 aromatic heterocycles. The molecule has 2 fully saturated rings. The molecule has 2 saturated heterocycles. The number of nitrogens with one attached hydrogen (secondary N) is 1. The SMILES string of the molecule is CC(=O)N1CC[C@]2(CC(=O)N2)C1. The van der Waals surface area contributed by atoms with Crippen LogP contribution in [-0.2, 0) is 9.59 Å². The minimum atomic E-state index is -0.0528. The van der Waals surface area contributed by atoms with Gasteiger partial charge in [-0.2, -0.15) is 0 Å². The number of β-lactam (4-membered cyclic amide) rings is 1. The van der Waals surface area contributed by atoms with Crippen molar-refractivity contribution in [3.8, 4) is 0 Å². The molecule has 0 aromatic rings. The van der Waals surface area contributed by atoms with Gasteiger partial charge in [0.2, 0.25) is 11.8 Å². The highest BCUT2D eigenvalue weighted by Crippen LogP contribution is 2.30. The maximum Gasteiger partial charge on any atom is 0.222 e. The second-order valence-electron chi connectivity index (χ2n) is 3.70. The summed E-state index contributed by atoms with van der Waals surface area (Å²) in [7, 11) is 0. The highest BCUT2D eigenvalue weighted by Gasteiger charge is 2.48. The van der Waals surface area contributed by atoms with Gasteiger partial charge < -0.3 is 10.2 Å². The highest BCUT2D eigenvalue weighted by atomic mass is 16.2. The number of nitrogens with zero attached hydrogens (tertiary/aromatic N) is 1. The molecule has 66 valence electrons. The van der Waals surface area contributed by atoms with E-state index in [4.69, 9.17) is 0 Å². The second kappa shape index (κ2) is 2.21. The fourth-order valence-corrected chi connectivity index (χ4v) is 1.97. The van der Waals surface area contributed by atoms with Crippen LogP contribution < -0.4 is 5.32 Å². The molecule has 1 N–H and O–H groups in total. The summed E-state index contributed by atoms with van der Waals surface area (Å²) in [6, 6.07) is 0. The van der Waals surface area contributed by atoms with E-state index in [1.54, 1.807) is 11.8 Å². The molecular weight excluding hydrogens is 156 g/mol. The van der Waals surface area contributed by atoms with E-state index in [9.17, 15) is 9.59 Å². The highest BCUT2D eigenvalue weighted by molar-refractivity contribution is 5.85. The van der Waals surface area contributed by atoms with Crippen LogP contribution in [0.2, 0.25) is 0 Å². The van der Waals surface area contributed by atoms with Gasteiger partial charge in [0, 0.05) is 20.0 Å². The van der Waals surface area contributed by atoms with Gasteiger partial charge >= 0.3 is 0 Å². The van der Waals surface area contributed by atoms with Gasteiger partial charge in [0.15, 0.2) is 0 Å². The third-order valence-corrected chi connectivity index (χ3v) is 2.70. The minimum Gasteiger partial charge on any atom is -0.348 e. The first-order valence-corrected chi connectivity index (χ1v) is 4.18. The van der Waals surface area contributed by atoms with E-state index in [1.165, 1.54) is 0 Å². The molecule has 1 atom stereocenters. The Morgan fingerprint density at radius 3 is 2.75 bits per heavy atom. The summed E-state index contributed by atoms with van der Waals surface area (Å²) in [6.07, 6.45) is 1.51. The van der Waals surface area contributed by atoms with E-state index >= 15 is 0 Å². The van der Waals surface area contributed by atoms with Gasteiger partial charge in [0.25, 0.3) is 0 Å². The van der Waals surface area contributed by atoms with Crippen LogP contribution >= 0.6 is 0 Å².